The summed E-state index contributed by atoms with van der Waals surface area (Å²) >= 11 is 1.52. The topological polar surface area (TPSA) is 48.0 Å². The molecule has 0 radical (unpaired) electrons. The van der Waals surface area contributed by atoms with Gasteiger partial charge in [-0.05, 0) is 66.8 Å². The molecule has 0 unspecified atom stereocenters. The number of hydrogen-bond acceptors (Lipinski definition) is 6. The Morgan fingerprint density at radius 2 is 1.77 bits per heavy atom. The second-order valence-electron chi connectivity index (χ2n) is 7.41. The summed E-state index contributed by atoms with van der Waals surface area (Å²) in [4.78, 5) is 14.2. The van der Waals surface area contributed by atoms with Crippen LogP contribution in [0.2, 0.25) is 0 Å². The van der Waals surface area contributed by atoms with E-state index in [1.54, 1.807) is 0 Å². The molecule has 5 rings (SSSR count). The number of benzene rings is 3. The first-order chi connectivity index (χ1) is 15.1. The van der Waals surface area contributed by atoms with Crippen LogP contribution in [0.5, 0.6) is 11.5 Å². The molecule has 2 heterocycles. The first kappa shape index (κ1) is 19.6. The monoisotopic (exact) mass is 431 g/mol. The molecule has 0 saturated carbocycles. The summed E-state index contributed by atoms with van der Waals surface area (Å²) < 4.78 is 18.5. The van der Waals surface area contributed by atoms with Crippen molar-refractivity contribution in [3.63, 3.8) is 0 Å². The molecule has 0 fully saturated rings. The quantitative estimate of drug-likeness (QED) is 0.404. The maximum absolute atomic E-state index is 13.2. The zero-order valence-corrected chi connectivity index (χ0v) is 18.3. The number of para-hydroxylation sites is 1. The molecule has 156 valence electrons. The Morgan fingerprint density at radius 1 is 1.00 bits per heavy atom. The highest BCUT2D eigenvalue weighted by Gasteiger charge is 2.34. The molecule has 0 N–H and O–H groups in total. The van der Waals surface area contributed by atoms with Gasteiger partial charge in [-0.1, -0.05) is 36.4 Å². The fraction of sp³-hybridized carbons (Fsp3) is 0.160. The third kappa shape index (κ3) is 3.24. The average Bonchev–Trinajstić information content (AvgIpc) is 3.27. The highest BCUT2D eigenvalue weighted by atomic mass is 32.2. The van der Waals surface area contributed by atoms with Crippen LogP contribution >= 0.6 is 11.9 Å². The van der Waals surface area contributed by atoms with Gasteiger partial charge in [-0.15, -0.1) is 0 Å². The summed E-state index contributed by atoms with van der Waals surface area (Å²) in [6.07, 6.45) is 0. The number of anilines is 1. The van der Waals surface area contributed by atoms with E-state index in [1.807, 2.05) is 72.7 Å². The van der Waals surface area contributed by atoms with E-state index in [2.05, 4.69) is 6.07 Å². The number of ether oxygens (including phenoxy) is 3. The van der Waals surface area contributed by atoms with E-state index >= 15 is 0 Å². The number of carbonyl (C=O) groups is 1. The van der Waals surface area contributed by atoms with E-state index in [9.17, 15) is 4.79 Å². The highest BCUT2D eigenvalue weighted by Crippen LogP contribution is 2.48. The molecular formula is C25H21NO4S. The summed E-state index contributed by atoms with van der Waals surface area (Å²) in [6, 6.07) is 20.1. The van der Waals surface area contributed by atoms with Crippen LogP contribution in [0, 0.1) is 13.8 Å². The second-order valence-corrected chi connectivity index (χ2v) is 8.40. The van der Waals surface area contributed by atoms with Gasteiger partial charge in [0.25, 0.3) is 0 Å². The van der Waals surface area contributed by atoms with Crippen LogP contribution in [0.15, 0.2) is 71.3 Å². The van der Waals surface area contributed by atoms with Gasteiger partial charge in [0.1, 0.15) is 5.70 Å². The van der Waals surface area contributed by atoms with Crippen molar-refractivity contribution in [1.29, 1.82) is 0 Å². The molecule has 0 amide bonds. The van der Waals surface area contributed by atoms with Crippen LogP contribution in [0.4, 0.5) is 5.69 Å². The minimum atomic E-state index is -0.393. The maximum Gasteiger partial charge on any atom is 0.356 e. The molecule has 0 aliphatic carbocycles. The fourth-order valence-corrected chi connectivity index (χ4v) is 5.16. The first-order valence-electron chi connectivity index (χ1n) is 9.95. The minimum Gasteiger partial charge on any atom is -0.464 e. The Hall–Kier alpha value is -3.38. The summed E-state index contributed by atoms with van der Waals surface area (Å²) in [5.74, 6) is 1.04. The third-order valence-corrected chi connectivity index (χ3v) is 6.56. The van der Waals surface area contributed by atoms with E-state index in [0.717, 1.165) is 44.2 Å². The molecule has 0 atom stereocenters. The number of rotatable bonds is 3. The van der Waals surface area contributed by atoms with E-state index < -0.39 is 5.97 Å². The van der Waals surface area contributed by atoms with Crippen molar-refractivity contribution in [2.24, 2.45) is 0 Å². The summed E-state index contributed by atoms with van der Waals surface area (Å²) in [5.41, 5.74) is 6.13. The van der Waals surface area contributed by atoms with Gasteiger partial charge in [-0.25, -0.2) is 4.79 Å². The van der Waals surface area contributed by atoms with E-state index in [1.165, 1.54) is 19.1 Å². The molecule has 0 saturated heterocycles. The van der Waals surface area contributed by atoms with E-state index in [0.29, 0.717) is 11.4 Å². The second kappa shape index (κ2) is 7.71. The Balaban J connectivity index is 1.83. The van der Waals surface area contributed by atoms with Crippen molar-refractivity contribution in [2.75, 3.05) is 18.2 Å². The number of methoxy groups -OCH3 is 1. The van der Waals surface area contributed by atoms with Crippen molar-refractivity contribution >= 4 is 29.2 Å². The Morgan fingerprint density at radius 3 is 2.58 bits per heavy atom. The summed E-state index contributed by atoms with van der Waals surface area (Å²) in [6.45, 7) is 4.22. The van der Waals surface area contributed by atoms with Crippen LogP contribution in [0.1, 0.15) is 22.3 Å². The molecular weight excluding hydrogens is 410 g/mol. The van der Waals surface area contributed by atoms with Crippen LogP contribution < -0.4 is 13.8 Å². The number of nitrogens with zero attached hydrogens (tertiary/aromatic N) is 1. The molecule has 0 bridgehead atoms. The van der Waals surface area contributed by atoms with Crippen LogP contribution in [0.3, 0.4) is 0 Å². The zero-order valence-electron chi connectivity index (χ0n) is 17.5. The van der Waals surface area contributed by atoms with E-state index in [4.69, 9.17) is 14.2 Å². The normalized spacial score (nSPS) is 14.5. The van der Waals surface area contributed by atoms with Crippen molar-refractivity contribution in [3.05, 3.63) is 88.6 Å². The fourth-order valence-electron chi connectivity index (χ4n) is 3.99. The van der Waals surface area contributed by atoms with Crippen LogP contribution in [0.25, 0.3) is 5.57 Å². The average molecular weight is 432 g/mol. The van der Waals surface area contributed by atoms with Crippen molar-refractivity contribution < 1.29 is 19.0 Å². The zero-order chi connectivity index (χ0) is 21.5. The molecule has 0 aromatic heterocycles. The number of esters is 1. The lowest BCUT2D eigenvalue weighted by atomic mass is 9.93. The first-order valence-corrected chi connectivity index (χ1v) is 10.7. The SMILES string of the molecule is COC(=O)C1=C(c2cc(C)c3c(c2)OCO3)c2ccccc2SN1c1ccccc1C. The largest absolute Gasteiger partial charge is 0.464 e. The van der Waals surface area contributed by atoms with Crippen LogP contribution in [-0.2, 0) is 9.53 Å². The van der Waals surface area contributed by atoms with Gasteiger partial charge in [0.15, 0.2) is 11.5 Å². The molecule has 3 aromatic rings. The predicted octanol–water partition coefficient (Wildman–Crippen LogP) is 5.49. The molecule has 5 nitrogen and oxygen atoms in total. The van der Waals surface area contributed by atoms with Crippen LogP contribution in [-0.4, -0.2) is 19.9 Å². The van der Waals surface area contributed by atoms with Crippen molar-refractivity contribution in [1.82, 2.24) is 0 Å². The summed E-state index contributed by atoms with van der Waals surface area (Å²) in [5, 5.41) is 0. The van der Waals surface area contributed by atoms with Gasteiger partial charge in [-0.3, -0.25) is 4.31 Å². The summed E-state index contributed by atoms with van der Waals surface area (Å²) in [7, 11) is 1.42. The van der Waals surface area contributed by atoms with Gasteiger partial charge in [-0.2, -0.15) is 0 Å². The maximum atomic E-state index is 13.2. The van der Waals surface area contributed by atoms with Gasteiger partial charge < -0.3 is 14.2 Å². The van der Waals surface area contributed by atoms with Gasteiger partial charge in [0.2, 0.25) is 6.79 Å². The molecule has 2 aliphatic rings. The van der Waals surface area contributed by atoms with Crippen molar-refractivity contribution in [2.45, 2.75) is 18.7 Å². The van der Waals surface area contributed by atoms with Gasteiger partial charge in [0, 0.05) is 16.0 Å². The Kier molecular flexibility index (Phi) is 4.87. The van der Waals surface area contributed by atoms with Crippen molar-refractivity contribution in [3.8, 4) is 11.5 Å². The highest BCUT2D eigenvalue weighted by molar-refractivity contribution is 8.01. The lowest BCUT2D eigenvalue weighted by molar-refractivity contribution is -0.136. The molecule has 0 spiro atoms. The van der Waals surface area contributed by atoms with E-state index in [-0.39, 0.29) is 6.79 Å². The molecule has 3 aromatic carbocycles. The molecule has 31 heavy (non-hydrogen) atoms. The molecule has 6 heteroatoms. The Labute approximate surface area is 185 Å². The predicted molar refractivity (Wildman–Crippen MR) is 121 cm³/mol. The number of fused-ring (bicyclic) bond motifs is 2. The number of carbonyl (C=O) groups excluding carboxylic acids is 1. The van der Waals surface area contributed by atoms with Gasteiger partial charge >= 0.3 is 5.97 Å². The third-order valence-electron chi connectivity index (χ3n) is 5.45. The number of aryl methyl sites for hydroxylation is 2. The smallest absolute Gasteiger partial charge is 0.356 e. The lowest BCUT2D eigenvalue weighted by Crippen LogP contribution is -2.27. The number of hydrogen-bond donors (Lipinski definition) is 0. The molecule has 2 aliphatic heterocycles. The van der Waals surface area contributed by atoms with Gasteiger partial charge in [0.05, 0.1) is 12.8 Å². The standard InChI is InChI=1S/C25H21NO4S/c1-15-8-4-6-10-19(15)26-23(25(27)28-3)22(18-9-5-7-11-21(18)31-26)17-12-16(2)24-20(13-17)29-14-30-24/h4-13H,14H2,1-3H3. The lowest BCUT2D eigenvalue weighted by Gasteiger charge is -2.33. The Bertz CT molecular complexity index is 1230. The minimum absolute atomic E-state index is 0.199.